The molecule has 20 heavy (non-hydrogen) atoms. The SMILES string of the molecule is CCC1(CO)CCN(CC#Cc2ccc(Cl)cc2)CC1. The number of hydrogen-bond acceptors (Lipinski definition) is 2. The fourth-order valence-electron chi connectivity index (χ4n) is 2.60. The first-order valence-corrected chi connectivity index (χ1v) is 7.63. The summed E-state index contributed by atoms with van der Waals surface area (Å²) in [5, 5.41) is 10.3. The molecular formula is C17H22ClNO. The lowest BCUT2D eigenvalue weighted by molar-refractivity contribution is 0.0457. The van der Waals surface area contributed by atoms with E-state index in [-0.39, 0.29) is 5.41 Å². The molecule has 1 saturated heterocycles. The van der Waals surface area contributed by atoms with Gasteiger partial charge in [0.25, 0.3) is 0 Å². The molecule has 3 heteroatoms. The topological polar surface area (TPSA) is 23.5 Å². The van der Waals surface area contributed by atoms with Crippen molar-refractivity contribution in [2.24, 2.45) is 5.41 Å². The van der Waals surface area contributed by atoms with Crippen LogP contribution in [0.3, 0.4) is 0 Å². The zero-order chi connectivity index (χ0) is 14.4. The summed E-state index contributed by atoms with van der Waals surface area (Å²) in [6.45, 7) is 5.35. The maximum Gasteiger partial charge on any atom is 0.0605 e. The van der Waals surface area contributed by atoms with Gasteiger partial charge in [-0.25, -0.2) is 0 Å². The number of aliphatic hydroxyl groups excluding tert-OH is 1. The van der Waals surface area contributed by atoms with Crippen LogP contribution in [-0.4, -0.2) is 36.2 Å². The van der Waals surface area contributed by atoms with E-state index in [2.05, 4.69) is 23.7 Å². The fraction of sp³-hybridized carbons (Fsp3) is 0.529. The average molecular weight is 292 g/mol. The lowest BCUT2D eigenvalue weighted by Crippen LogP contribution is -2.41. The molecule has 108 valence electrons. The predicted molar refractivity (Wildman–Crippen MR) is 83.8 cm³/mol. The van der Waals surface area contributed by atoms with Crippen LogP contribution in [-0.2, 0) is 0 Å². The van der Waals surface area contributed by atoms with Crippen LogP contribution in [0.15, 0.2) is 24.3 Å². The highest BCUT2D eigenvalue weighted by molar-refractivity contribution is 6.30. The first-order valence-electron chi connectivity index (χ1n) is 7.25. The number of nitrogens with zero attached hydrogens (tertiary/aromatic N) is 1. The van der Waals surface area contributed by atoms with Gasteiger partial charge in [0.2, 0.25) is 0 Å². The third kappa shape index (κ3) is 3.99. The van der Waals surface area contributed by atoms with Crippen LogP contribution in [0.25, 0.3) is 0 Å². The van der Waals surface area contributed by atoms with E-state index in [0.29, 0.717) is 6.61 Å². The van der Waals surface area contributed by atoms with Gasteiger partial charge in [-0.3, -0.25) is 4.90 Å². The molecule has 0 aromatic heterocycles. The van der Waals surface area contributed by atoms with Gasteiger partial charge in [0.1, 0.15) is 0 Å². The van der Waals surface area contributed by atoms with E-state index in [4.69, 9.17) is 11.6 Å². The summed E-state index contributed by atoms with van der Waals surface area (Å²) in [6.07, 6.45) is 3.21. The van der Waals surface area contributed by atoms with Gasteiger partial charge >= 0.3 is 0 Å². The predicted octanol–water partition coefficient (Wildman–Crippen LogP) is 3.18. The van der Waals surface area contributed by atoms with Crippen LogP contribution in [0.2, 0.25) is 5.02 Å². The lowest BCUT2D eigenvalue weighted by atomic mass is 9.77. The van der Waals surface area contributed by atoms with E-state index >= 15 is 0 Å². The minimum Gasteiger partial charge on any atom is -0.396 e. The first kappa shape index (κ1) is 15.4. The molecule has 0 amide bonds. The molecule has 0 unspecified atom stereocenters. The third-order valence-electron chi connectivity index (χ3n) is 4.38. The van der Waals surface area contributed by atoms with Crippen molar-refractivity contribution in [1.82, 2.24) is 4.90 Å². The van der Waals surface area contributed by atoms with Gasteiger partial charge in [0, 0.05) is 17.2 Å². The average Bonchev–Trinajstić information content (AvgIpc) is 2.50. The Morgan fingerprint density at radius 2 is 1.90 bits per heavy atom. The maximum absolute atomic E-state index is 9.52. The smallest absolute Gasteiger partial charge is 0.0605 e. The molecule has 0 saturated carbocycles. The molecule has 2 nitrogen and oxygen atoms in total. The number of rotatable bonds is 3. The Labute approximate surface area is 126 Å². The molecule has 0 bridgehead atoms. The van der Waals surface area contributed by atoms with Crippen LogP contribution < -0.4 is 0 Å². The standard InChI is InChI=1S/C17H22ClNO/c1-2-17(14-20)9-12-19(13-10-17)11-3-4-15-5-7-16(18)8-6-15/h5-8,20H,2,9-14H2,1H3. The second-order valence-electron chi connectivity index (χ2n) is 5.60. The van der Waals surface area contributed by atoms with Crippen LogP contribution in [0.5, 0.6) is 0 Å². The number of benzene rings is 1. The van der Waals surface area contributed by atoms with Crippen molar-refractivity contribution in [3.05, 3.63) is 34.9 Å². The van der Waals surface area contributed by atoms with Crippen molar-refractivity contribution in [3.63, 3.8) is 0 Å². The summed E-state index contributed by atoms with van der Waals surface area (Å²) >= 11 is 5.84. The minimum atomic E-state index is 0.153. The highest BCUT2D eigenvalue weighted by atomic mass is 35.5. The fourth-order valence-corrected chi connectivity index (χ4v) is 2.72. The lowest BCUT2D eigenvalue weighted by Gasteiger charge is -2.39. The summed E-state index contributed by atoms with van der Waals surface area (Å²) in [4.78, 5) is 2.37. The van der Waals surface area contributed by atoms with Crippen LogP contribution >= 0.6 is 11.6 Å². The molecule has 1 aromatic rings. The highest BCUT2D eigenvalue weighted by Gasteiger charge is 2.31. The summed E-state index contributed by atoms with van der Waals surface area (Å²) in [5.74, 6) is 6.39. The zero-order valence-electron chi connectivity index (χ0n) is 12.0. The van der Waals surface area contributed by atoms with Crippen molar-refractivity contribution < 1.29 is 5.11 Å². The van der Waals surface area contributed by atoms with Crippen LogP contribution in [0.4, 0.5) is 0 Å². The molecule has 1 N–H and O–H groups in total. The van der Waals surface area contributed by atoms with Crippen molar-refractivity contribution >= 4 is 11.6 Å². The van der Waals surface area contributed by atoms with Crippen molar-refractivity contribution in [2.75, 3.05) is 26.2 Å². The Balaban J connectivity index is 1.83. The van der Waals surface area contributed by atoms with E-state index in [1.54, 1.807) is 0 Å². The minimum absolute atomic E-state index is 0.153. The Kier molecular flexibility index (Phi) is 5.48. The molecule has 0 spiro atoms. The molecular weight excluding hydrogens is 270 g/mol. The first-order chi connectivity index (χ1) is 9.67. The largest absolute Gasteiger partial charge is 0.396 e. The molecule has 1 aliphatic rings. The monoisotopic (exact) mass is 291 g/mol. The van der Waals surface area contributed by atoms with E-state index < -0.39 is 0 Å². The van der Waals surface area contributed by atoms with Gasteiger partial charge in [0.05, 0.1) is 6.54 Å². The Morgan fingerprint density at radius 3 is 2.45 bits per heavy atom. The van der Waals surface area contributed by atoms with Crippen molar-refractivity contribution in [3.8, 4) is 11.8 Å². The molecule has 0 atom stereocenters. The van der Waals surface area contributed by atoms with Gasteiger partial charge in [-0.15, -0.1) is 0 Å². The molecule has 1 aromatic carbocycles. The van der Waals surface area contributed by atoms with E-state index in [0.717, 1.165) is 49.5 Å². The molecule has 0 aliphatic carbocycles. The molecule has 0 radical (unpaired) electrons. The molecule has 2 rings (SSSR count). The second-order valence-corrected chi connectivity index (χ2v) is 6.03. The van der Waals surface area contributed by atoms with Gasteiger partial charge in [-0.2, -0.15) is 0 Å². The van der Waals surface area contributed by atoms with Crippen molar-refractivity contribution in [2.45, 2.75) is 26.2 Å². The van der Waals surface area contributed by atoms with Gasteiger partial charge < -0.3 is 5.11 Å². The van der Waals surface area contributed by atoms with Gasteiger partial charge in [-0.05, 0) is 62.0 Å². The van der Waals surface area contributed by atoms with Gasteiger partial charge in [-0.1, -0.05) is 30.4 Å². The number of likely N-dealkylation sites (tertiary alicyclic amines) is 1. The summed E-state index contributed by atoms with van der Waals surface area (Å²) in [5.41, 5.74) is 1.16. The molecule has 1 fully saturated rings. The second kappa shape index (κ2) is 7.13. The number of hydrogen-bond donors (Lipinski definition) is 1. The van der Waals surface area contributed by atoms with E-state index in [9.17, 15) is 5.11 Å². The Hall–Kier alpha value is -1.01. The number of piperidine rings is 1. The normalized spacial score (nSPS) is 18.4. The quantitative estimate of drug-likeness (QED) is 0.865. The third-order valence-corrected chi connectivity index (χ3v) is 4.63. The van der Waals surface area contributed by atoms with E-state index in [1.165, 1.54) is 0 Å². The van der Waals surface area contributed by atoms with Crippen LogP contribution in [0.1, 0.15) is 31.7 Å². The summed E-state index contributed by atoms with van der Waals surface area (Å²) < 4.78 is 0. The maximum atomic E-state index is 9.52. The highest BCUT2D eigenvalue weighted by Crippen LogP contribution is 2.33. The number of aliphatic hydroxyl groups is 1. The summed E-state index contributed by atoms with van der Waals surface area (Å²) in [7, 11) is 0. The summed E-state index contributed by atoms with van der Waals surface area (Å²) in [6, 6.07) is 7.62. The van der Waals surface area contributed by atoms with Crippen molar-refractivity contribution in [1.29, 1.82) is 0 Å². The zero-order valence-corrected chi connectivity index (χ0v) is 12.8. The molecule has 1 aliphatic heterocycles. The molecule has 1 heterocycles. The Morgan fingerprint density at radius 1 is 1.25 bits per heavy atom. The van der Waals surface area contributed by atoms with Gasteiger partial charge in [0.15, 0.2) is 0 Å². The van der Waals surface area contributed by atoms with E-state index in [1.807, 2.05) is 24.3 Å². The number of halogens is 1. The Bertz CT molecular complexity index is 472. The van der Waals surface area contributed by atoms with Crippen LogP contribution in [0, 0.1) is 17.3 Å².